The van der Waals surface area contributed by atoms with Crippen LogP contribution in [-0.4, -0.2) is 49.5 Å². The third kappa shape index (κ3) is 6.40. The van der Waals surface area contributed by atoms with Crippen molar-refractivity contribution in [3.8, 4) is 0 Å². The van der Waals surface area contributed by atoms with Crippen LogP contribution in [-0.2, 0) is 11.2 Å². The zero-order valence-electron chi connectivity index (χ0n) is 16.2. The average molecular weight is 345 g/mol. The highest BCUT2D eigenvalue weighted by Crippen LogP contribution is 2.47. The normalized spacial score (nSPS) is 16.3. The highest BCUT2D eigenvalue weighted by molar-refractivity contribution is 5.86. The predicted molar refractivity (Wildman–Crippen MR) is 104 cm³/mol. The Hall–Kier alpha value is -2.04. The summed E-state index contributed by atoms with van der Waals surface area (Å²) in [6.45, 7) is 7.14. The lowest BCUT2D eigenvalue weighted by molar-refractivity contribution is -0.122. The molecule has 25 heavy (non-hydrogen) atoms. The molecule has 1 aliphatic rings. The average Bonchev–Trinajstić information content (AvgIpc) is 3.26. The van der Waals surface area contributed by atoms with Crippen molar-refractivity contribution in [1.82, 2.24) is 15.5 Å². The molecule has 1 aliphatic carbocycles. The molecule has 138 valence electrons. The summed E-state index contributed by atoms with van der Waals surface area (Å²) in [5.74, 6) is 0.770. The topological polar surface area (TPSA) is 56.7 Å². The van der Waals surface area contributed by atoms with E-state index in [0.717, 1.165) is 18.9 Å². The van der Waals surface area contributed by atoms with E-state index in [1.807, 2.05) is 32.7 Å². The van der Waals surface area contributed by atoms with E-state index in [2.05, 4.69) is 46.0 Å². The van der Waals surface area contributed by atoms with Gasteiger partial charge in [-0.15, -0.1) is 0 Å². The summed E-state index contributed by atoms with van der Waals surface area (Å²) in [7, 11) is 3.66. The molecule has 1 aromatic rings. The van der Waals surface area contributed by atoms with Crippen LogP contribution in [0.4, 0.5) is 0 Å². The quantitative estimate of drug-likeness (QED) is 0.615. The molecule has 1 aromatic carbocycles. The number of benzene rings is 1. The minimum Gasteiger partial charge on any atom is -0.356 e. The van der Waals surface area contributed by atoms with Crippen molar-refractivity contribution < 1.29 is 4.79 Å². The van der Waals surface area contributed by atoms with Crippen LogP contribution in [0.2, 0.25) is 0 Å². The number of likely N-dealkylation sites (N-methyl/N-ethyl adjacent to an activating group) is 1. The first-order chi connectivity index (χ1) is 11.7. The Bertz CT molecular complexity index is 600. The summed E-state index contributed by atoms with van der Waals surface area (Å²) < 4.78 is 0. The number of hydrogen-bond donors (Lipinski definition) is 2. The molecule has 0 spiro atoms. The Morgan fingerprint density at radius 1 is 1.24 bits per heavy atom. The molecule has 1 saturated carbocycles. The second-order valence-electron chi connectivity index (χ2n) is 8.22. The molecule has 1 fully saturated rings. The van der Waals surface area contributed by atoms with Gasteiger partial charge in [-0.2, -0.15) is 0 Å². The number of nitrogens with one attached hydrogen (secondary N) is 2. The smallest absolute Gasteiger partial charge is 0.240 e. The van der Waals surface area contributed by atoms with E-state index >= 15 is 0 Å². The molecule has 0 atom stereocenters. The SMILES string of the molecule is CN=C(NCC1(Cc2ccccc2)CC1)N(C)CC(=O)NC(C)(C)C. The molecule has 0 aliphatic heterocycles. The lowest BCUT2D eigenvalue weighted by Crippen LogP contribution is -2.49. The molecule has 0 radical (unpaired) electrons. The van der Waals surface area contributed by atoms with E-state index in [1.54, 1.807) is 7.05 Å². The van der Waals surface area contributed by atoms with Crippen molar-refractivity contribution in [2.45, 2.75) is 45.6 Å². The maximum absolute atomic E-state index is 12.1. The van der Waals surface area contributed by atoms with Gasteiger partial charge >= 0.3 is 0 Å². The third-order valence-corrected chi connectivity index (χ3v) is 4.47. The summed E-state index contributed by atoms with van der Waals surface area (Å²) in [5.41, 5.74) is 1.49. The van der Waals surface area contributed by atoms with Gasteiger partial charge < -0.3 is 15.5 Å². The third-order valence-electron chi connectivity index (χ3n) is 4.47. The molecule has 2 rings (SSSR count). The Morgan fingerprint density at radius 2 is 1.88 bits per heavy atom. The Labute approximate surface area is 151 Å². The second-order valence-corrected chi connectivity index (χ2v) is 8.22. The van der Waals surface area contributed by atoms with Gasteiger partial charge in [0.05, 0.1) is 6.54 Å². The van der Waals surface area contributed by atoms with Crippen LogP contribution in [0.3, 0.4) is 0 Å². The number of carbonyl (C=O) groups is 1. The van der Waals surface area contributed by atoms with Crippen LogP contribution >= 0.6 is 0 Å². The van der Waals surface area contributed by atoms with Gasteiger partial charge in [0.2, 0.25) is 5.91 Å². The first-order valence-electron chi connectivity index (χ1n) is 9.00. The van der Waals surface area contributed by atoms with Crippen LogP contribution in [0.15, 0.2) is 35.3 Å². The number of aliphatic imine (C=N–C) groups is 1. The fraction of sp³-hybridized carbons (Fsp3) is 0.600. The largest absolute Gasteiger partial charge is 0.356 e. The molecule has 0 aromatic heterocycles. The van der Waals surface area contributed by atoms with Gasteiger partial charge in [-0.1, -0.05) is 30.3 Å². The van der Waals surface area contributed by atoms with Crippen molar-refractivity contribution in [2.24, 2.45) is 10.4 Å². The molecule has 0 heterocycles. The van der Waals surface area contributed by atoms with E-state index in [1.165, 1.54) is 18.4 Å². The van der Waals surface area contributed by atoms with Crippen LogP contribution < -0.4 is 10.6 Å². The fourth-order valence-electron chi connectivity index (χ4n) is 3.02. The lowest BCUT2D eigenvalue weighted by atomic mass is 9.96. The molecule has 5 nitrogen and oxygen atoms in total. The number of rotatable bonds is 6. The number of guanidine groups is 1. The van der Waals surface area contributed by atoms with E-state index in [4.69, 9.17) is 0 Å². The highest BCUT2D eigenvalue weighted by atomic mass is 16.2. The van der Waals surface area contributed by atoms with Crippen LogP contribution in [0.25, 0.3) is 0 Å². The molecular formula is C20H32N4O. The first-order valence-corrected chi connectivity index (χ1v) is 9.00. The minimum atomic E-state index is -0.220. The van der Waals surface area contributed by atoms with E-state index in [0.29, 0.717) is 12.0 Å². The zero-order valence-corrected chi connectivity index (χ0v) is 16.2. The van der Waals surface area contributed by atoms with E-state index < -0.39 is 0 Å². The Balaban J connectivity index is 1.84. The van der Waals surface area contributed by atoms with Crippen molar-refractivity contribution in [3.63, 3.8) is 0 Å². The maximum Gasteiger partial charge on any atom is 0.240 e. The minimum absolute atomic E-state index is 0.00312. The molecule has 5 heteroatoms. The number of amides is 1. The summed E-state index contributed by atoms with van der Waals surface area (Å²) in [6, 6.07) is 10.6. The van der Waals surface area contributed by atoms with Crippen LogP contribution in [0, 0.1) is 5.41 Å². The number of hydrogen-bond acceptors (Lipinski definition) is 2. The van der Waals surface area contributed by atoms with Gasteiger partial charge in [-0.3, -0.25) is 9.79 Å². The summed E-state index contributed by atoms with van der Waals surface area (Å²) in [5, 5.41) is 6.44. The van der Waals surface area contributed by atoms with Crippen LogP contribution in [0.5, 0.6) is 0 Å². The van der Waals surface area contributed by atoms with Crippen molar-refractivity contribution in [1.29, 1.82) is 0 Å². The number of carbonyl (C=O) groups excluding carboxylic acids is 1. The van der Waals surface area contributed by atoms with Crippen molar-refractivity contribution >= 4 is 11.9 Å². The molecule has 0 unspecified atom stereocenters. The van der Waals surface area contributed by atoms with E-state index in [-0.39, 0.29) is 11.4 Å². The first kappa shape index (κ1) is 19.3. The lowest BCUT2D eigenvalue weighted by Gasteiger charge is -2.26. The molecule has 2 N–H and O–H groups in total. The predicted octanol–water partition coefficient (Wildman–Crippen LogP) is 2.43. The molecule has 0 saturated heterocycles. The van der Waals surface area contributed by atoms with Gasteiger partial charge in [0.15, 0.2) is 5.96 Å². The zero-order chi connectivity index (χ0) is 18.5. The Morgan fingerprint density at radius 3 is 2.40 bits per heavy atom. The van der Waals surface area contributed by atoms with Crippen molar-refractivity contribution in [3.05, 3.63) is 35.9 Å². The summed E-state index contributed by atoms with van der Waals surface area (Å²) in [4.78, 5) is 18.3. The van der Waals surface area contributed by atoms with E-state index in [9.17, 15) is 4.79 Å². The van der Waals surface area contributed by atoms with Crippen molar-refractivity contribution in [2.75, 3.05) is 27.2 Å². The summed E-state index contributed by atoms with van der Waals surface area (Å²) >= 11 is 0. The fourth-order valence-corrected chi connectivity index (χ4v) is 3.02. The van der Waals surface area contributed by atoms with Gasteiger partial charge in [-0.05, 0) is 51.0 Å². The van der Waals surface area contributed by atoms with Gasteiger partial charge in [0.1, 0.15) is 0 Å². The monoisotopic (exact) mass is 344 g/mol. The maximum atomic E-state index is 12.1. The Kier molecular flexibility index (Phi) is 6.09. The standard InChI is InChI=1S/C20H32N4O/c1-19(2,3)23-17(25)14-24(5)18(21-4)22-15-20(11-12-20)13-16-9-7-6-8-10-16/h6-10H,11-15H2,1-5H3,(H,21,22)(H,23,25). The van der Waals surface area contributed by atoms with Gasteiger partial charge in [0.25, 0.3) is 0 Å². The highest BCUT2D eigenvalue weighted by Gasteiger charge is 2.42. The molecule has 0 bridgehead atoms. The number of nitrogens with zero attached hydrogens (tertiary/aromatic N) is 2. The van der Waals surface area contributed by atoms with Gasteiger partial charge in [0, 0.05) is 26.2 Å². The van der Waals surface area contributed by atoms with Crippen LogP contribution in [0.1, 0.15) is 39.2 Å². The summed E-state index contributed by atoms with van der Waals surface area (Å²) in [6.07, 6.45) is 3.56. The molecule has 1 amide bonds. The second kappa shape index (κ2) is 7.89. The van der Waals surface area contributed by atoms with Gasteiger partial charge in [-0.25, -0.2) is 0 Å². The molecular weight excluding hydrogens is 312 g/mol.